The predicted molar refractivity (Wildman–Crippen MR) is 84.5 cm³/mol. The Morgan fingerprint density at radius 2 is 1.67 bits per heavy atom. The second-order valence-electron chi connectivity index (χ2n) is 4.70. The van der Waals surface area contributed by atoms with Gasteiger partial charge in [0.25, 0.3) is 5.56 Å². The summed E-state index contributed by atoms with van der Waals surface area (Å²) in [6.45, 7) is 0.369. The van der Waals surface area contributed by atoms with E-state index in [0.29, 0.717) is 11.6 Å². The van der Waals surface area contributed by atoms with E-state index < -0.39 is 0 Å². The molecular formula is C17H13ClN2O. The molecular weight excluding hydrogens is 284 g/mol. The molecule has 3 aromatic rings. The molecule has 0 amide bonds. The standard InChI is InChI=1S/C17H13ClN2O/c18-16-9-5-4-8-14(16)12-20-17(21)10-15(11-19-20)13-6-2-1-3-7-13/h1-11H,12H2. The molecule has 0 radical (unpaired) electrons. The van der Waals surface area contributed by atoms with E-state index in [1.807, 2.05) is 48.5 Å². The average Bonchev–Trinajstić information content (AvgIpc) is 2.52. The highest BCUT2D eigenvalue weighted by atomic mass is 35.5. The third kappa shape index (κ3) is 3.03. The fraction of sp³-hybridized carbons (Fsp3) is 0.0588. The van der Waals surface area contributed by atoms with E-state index in [2.05, 4.69) is 5.10 Å². The van der Waals surface area contributed by atoms with Crippen molar-refractivity contribution in [1.29, 1.82) is 0 Å². The normalized spacial score (nSPS) is 10.5. The number of benzene rings is 2. The second-order valence-corrected chi connectivity index (χ2v) is 5.10. The van der Waals surface area contributed by atoms with Crippen LogP contribution in [0.5, 0.6) is 0 Å². The highest BCUT2D eigenvalue weighted by Crippen LogP contribution is 2.17. The van der Waals surface area contributed by atoms with Gasteiger partial charge < -0.3 is 0 Å². The number of aromatic nitrogens is 2. The van der Waals surface area contributed by atoms with Crippen molar-refractivity contribution in [3.8, 4) is 11.1 Å². The van der Waals surface area contributed by atoms with Gasteiger partial charge in [-0.2, -0.15) is 5.10 Å². The van der Waals surface area contributed by atoms with E-state index >= 15 is 0 Å². The molecule has 3 rings (SSSR count). The SMILES string of the molecule is O=c1cc(-c2ccccc2)cnn1Cc1ccccc1Cl. The molecule has 0 aliphatic heterocycles. The van der Waals surface area contributed by atoms with Crippen molar-refractivity contribution < 1.29 is 0 Å². The van der Waals surface area contributed by atoms with Crippen LogP contribution >= 0.6 is 11.6 Å². The van der Waals surface area contributed by atoms with E-state index in [1.54, 1.807) is 18.3 Å². The fourth-order valence-corrected chi connectivity index (χ4v) is 2.32. The number of hydrogen-bond acceptors (Lipinski definition) is 2. The van der Waals surface area contributed by atoms with Crippen LogP contribution in [-0.4, -0.2) is 9.78 Å². The van der Waals surface area contributed by atoms with Gasteiger partial charge in [0.05, 0.1) is 12.7 Å². The van der Waals surface area contributed by atoms with Gasteiger partial charge >= 0.3 is 0 Å². The molecule has 3 nitrogen and oxygen atoms in total. The van der Waals surface area contributed by atoms with Gasteiger partial charge in [0.1, 0.15) is 0 Å². The molecule has 0 spiro atoms. The first-order chi connectivity index (χ1) is 10.2. The summed E-state index contributed by atoms with van der Waals surface area (Å²) in [5.74, 6) is 0. The summed E-state index contributed by atoms with van der Waals surface area (Å²) in [7, 11) is 0. The molecule has 0 bridgehead atoms. The molecule has 1 heterocycles. The van der Waals surface area contributed by atoms with Crippen LogP contribution in [0.3, 0.4) is 0 Å². The average molecular weight is 297 g/mol. The number of nitrogens with zero attached hydrogens (tertiary/aromatic N) is 2. The molecule has 0 saturated carbocycles. The Morgan fingerprint density at radius 1 is 0.952 bits per heavy atom. The minimum atomic E-state index is -0.142. The summed E-state index contributed by atoms with van der Waals surface area (Å²) in [5.41, 5.74) is 2.53. The summed E-state index contributed by atoms with van der Waals surface area (Å²) in [5, 5.41) is 4.87. The van der Waals surface area contributed by atoms with Crippen LogP contribution in [-0.2, 0) is 6.54 Å². The molecule has 0 atom stereocenters. The summed E-state index contributed by atoms with van der Waals surface area (Å²) in [6, 6.07) is 18.8. The molecule has 0 fully saturated rings. The zero-order valence-electron chi connectivity index (χ0n) is 11.2. The molecule has 0 aliphatic rings. The monoisotopic (exact) mass is 296 g/mol. The largest absolute Gasteiger partial charge is 0.268 e. The third-order valence-corrected chi connectivity index (χ3v) is 3.62. The molecule has 21 heavy (non-hydrogen) atoms. The molecule has 0 aliphatic carbocycles. The molecule has 0 unspecified atom stereocenters. The van der Waals surface area contributed by atoms with Crippen molar-refractivity contribution in [3.05, 3.63) is 87.8 Å². The van der Waals surface area contributed by atoms with E-state index in [0.717, 1.165) is 16.7 Å². The van der Waals surface area contributed by atoms with Crippen LogP contribution in [0.2, 0.25) is 5.02 Å². The van der Waals surface area contributed by atoms with Gasteiger partial charge in [-0.25, -0.2) is 4.68 Å². The lowest BCUT2D eigenvalue weighted by atomic mass is 10.1. The summed E-state index contributed by atoms with van der Waals surface area (Å²) < 4.78 is 1.41. The van der Waals surface area contributed by atoms with Crippen LogP contribution < -0.4 is 5.56 Å². The first-order valence-electron chi connectivity index (χ1n) is 6.60. The smallest absolute Gasteiger partial charge is 0.267 e. The van der Waals surface area contributed by atoms with Crippen molar-refractivity contribution in [2.75, 3.05) is 0 Å². The molecule has 2 aromatic carbocycles. The van der Waals surface area contributed by atoms with Gasteiger partial charge in [0.2, 0.25) is 0 Å². The third-order valence-electron chi connectivity index (χ3n) is 3.25. The van der Waals surface area contributed by atoms with Crippen LogP contribution in [0.1, 0.15) is 5.56 Å². The number of hydrogen-bond donors (Lipinski definition) is 0. The van der Waals surface area contributed by atoms with Crippen molar-refractivity contribution >= 4 is 11.6 Å². The Balaban J connectivity index is 1.93. The van der Waals surface area contributed by atoms with Crippen molar-refractivity contribution in [2.24, 2.45) is 0 Å². The maximum atomic E-state index is 12.2. The van der Waals surface area contributed by atoms with Gasteiger partial charge in [0.15, 0.2) is 0 Å². The molecule has 1 aromatic heterocycles. The summed E-state index contributed by atoms with van der Waals surface area (Å²) >= 11 is 6.11. The Kier molecular flexibility index (Phi) is 3.84. The minimum absolute atomic E-state index is 0.142. The number of halogens is 1. The lowest BCUT2D eigenvalue weighted by Crippen LogP contribution is -2.22. The zero-order valence-corrected chi connectivity index (χ0v) is 12.0. The molecule has 4 heteroatoms. The minimum Gasteiger partial charge on any atom is -0.268 e. The van der Waals surface area contributed by atoms with Crippen molar-refractivity contribution in [2.45, 2.75) is 6.54 Å². The van der Waals surface area contributed by atoms with Crippen LogP contribution in [0.25, 0.3) is 11.1 Å². The van der Waals surface area contributed by atoms with E-state index in [9.17, 15) is 4.79 Å². The highest BCUT2D eigenvalue weighted by molar-refractivity contribution is 6.31. The van der Waals surface area contributed by atoms with E-state index in [-0.39, 0.29) is 5.56 Å². The predicted octanol–water partition coefficient (Wildman–Crippen LogP) is 3.61. The van der Waals surface area contributed by atoms with Crippen LogP contribution in [0, 0.1) is 0 Å². The topological polar surface area (TPSA) is 34.9 Å². The maximum Gasteiger partial charge on any atom is 0.267 e. The van der Waals surface area contributed by atoms with Crippen molar-refractivity contribution in [3.63, 3.8) is 0 Å². The molecule has 0 N–H and O–H groups in total. The quantitative estimate of drug-likeness (QED) is 0.740. The van der Waals surface area contributed by atoms with Gasteiger partial charge in [-0.15, -0.1) is 0 Å². The maximum absolute atomic E-state index is 12.2. The molecule has 0 saturated heterocycles. The fourth-order valence-electron chi connectivity index (χ4n) is 2.13. The Hall–Kier alpha value is -2.39. The molecule has 104 valence electrons. The Bertz CT molecular complexity index is 812. The highest BCUT2D eigenvalue weighted by Gasteiger charge is 2.05. The Morgan fingerprint density at radius 3 is 2.38 bits per heavy atom. The van der Waals surface area contributed by atoms with Gasteiger partial charge in [-0.05, 0) is 17.2 Å². The lowest BCUT2D eigenvalue weighted by molar-refractivity contribution is 0.640. The van der Waals surface area contributed by atoms with E-state index in [4.69, 9.17) is 11.6 Å². The summed E-state index contributed by atoms with van der Waals surface area (Å²) in [6.07, 6.45) is 1.70. The van der Waals surface area contributed by atoms with Gasteiger partial charge in [-0.3, -0.25) is 4.79 Å². The zero-order chi connectivity index (χ0) is 14.7. The Labute approximate surface area is 127 Å². The number of rotatable bonds is 3. The first kappa shape index (κ1) is 13.6. The van der Waals surface area contributed by atoms with Gasteiger partial charge in [0, 0.05) is 16.7 Å². The summed E-state index contributed by atoms with van der Waals surface area (Å²) in [4.78, 5) is 12.2. The van der Waals surface area contributed by atoms with E-state index in [1.165, 1.54) is 4.68 Å². The van der Waals surface area contributed by atoms with Crippen molar-refractivity contribution in [1.82, 2.24) is 9.78 Å². The first-order valence-corrected chi connectivity index (χ1v) is 6.98. The van der Waals surface area contributed by atoms with Gasteiger partial charge in [-0.1, -0.05) is 60.1 Å². The lowest BCUT2D eigenvalue weighted by Gasteiger charge is -2.07. The van der Waals surface area contributed by atoms with Crippen LogP contribution in [0.15, 0.2) is 71.7 Å². The van der Waals surface area contributed by atoms with Crippen LogP contribution in [0.4, 0.5) is 0 Å². The second kappa shape index (κ2) is 5.94.